The van der Waals surface area contributed by atoms with Gasteiger partial charge >= 0.3 is 0 Å². The highest BCUT2D eigenvalue weighted by Gasteiger charge is 2.28. The second-order valence-corrected chi connectivity index (χ2v) is 7.86. The van der Waals surface area contributed by atoms with Gasteiger partial charge in [-0.25, -0.2) is 14.4 Å². The smallest absolute Gasteiger partial charge is 0.255 e. The van der Waals surface area contributed by atoms with Gasteiger partial charge in [-0.3, -0.25) is 4.79 Å². The van der Waals surface area contributed by atoms with Gasteiger partial charge in [0.25, 0.3) is 5.91 Å². The van der Waals surface area contributed by atoms with Crippen molar-refractivity contribution in [3.05, 3.63) is 76.8 Å². The van der Waals surface area contributed by atoms with Crippen LogP contribution in [0.1, 0.15) is 16.1 Å². The average Bonchev–Trinajstić information content (AvgIpc) is 3.19. The molecular weight excluding hydrogens is 445 g/mol. The zero-order valence-electron chi connectivity index (χ0n) is 17.6. The fraction of sp³-hybridized carbons (Fsp3) is 0.125. The number of amides is 1. The van der Waals surface area contributed by atoms with Gasteiger partial charge in [0.05, 0.1) is 40.5 Å². The zero-order chi connectivity index (χ0) is 22.9. The van der Waals surface area contributed by atoms with E-state index in [0.29, 0.717) is 63.5 Å². The second-order valence-electron chi connectivity index (χ2n) is 7.46. The summed E-state index contributed by atoms with van der Waals surface area (Å²) in [6, 6.07) is 13.2. The summed E-state index contributed by atoms with van der Waals surface area (Å²) in [5, 5.41) is 6.64. The number of aromatic nitrogens is 3. The van der Waals surface area contributed by atoms with Gasteiger partial charge in [-0.2, -0.15) is 0 Å². The molecule has 0 saturated heterocycles. The Kier molecular flexibility index (Phi) is 5.43. The number of carbonyl (C=O) groups excluding carboxylic acids is 1. The molecule has 1 aliphatic rings. The molecule has 0 atom stereocenters. The zero-order valence-corrected chi connectivity index (χ0v) is 18.3. The lowest BCUT2D eigenvalue weighted by atomic mass is 10.1. The number of para-hydroxylation sites is 1. The van der Waals surface area contributed by atoms with Crippen molar-refractivity contribution in [1.29, 1.82) is 0 Å². The Morgan fingerprint density at radius 2 is 2.03 bits per heavy atom. The number of anilines is 2. The molecule has 0 fully saturated rings. The summed E-state index contributed by atoms with van der Waals surface area (Å²) in [7, 11) is 1.53. The molecule has 0 unspecified atom stereocenters. The van der Waals surface area contributed by atoms with Crippen LogP contribution in [0.15, 0.2) is 54.7 Å². The number of hydrogen-bond acceptors (Lipinski definition) is 5. The van der Waals surface area contributed by atoms with Crippen LogP contribution in [0.25, 0.3) is 22.8 Å². The Labute approximate surface area is 194 Å². The molecule has 2 aromatic carbocycles. The maximum absolute atomic E-state index is 13.7. The summed E-state index contributed by atoms with van der Waals surface area (Å²) in [6.07, 6.45) is 2.25. The first kappa shape index (κ1) is 21.0. The SMILES string of the molecule is COc1c(Cl)cccc1Nc1c(-c2ccnc(-c3cccc(F)c3)n2)[nH]c2c1C(=O)NCC2. The van der Waals surface area contributed by atoms with Gasteiger partial charge in [0.2, 0.25) is 0 Å². The molecular formula is C24H19ClFN5O2. The van der Waals surface area contributed by atoms with E-state index in [2.05, 4.69) is 25.6 Å². The number of nitrogens with one attached hydrogen (secondary N) is 3. The number of methoxy groups -OCH3 is 1. The average molecular weight is 464 g/mol. The van der Waals surface area contributed by atoms with Crippen molar-refractivity contribution in [2.24, 2.45) is 0 Å². The van der Waals surface area contributed by atoms with Crippen molar-refractivity contribution in [2.45, 2.75) is 6.42 Å². The maximum Gasteiger partial charge on any atom is 0.255 e. The lowest BCUT2D eigenvalue weighted by Crippen LogP contribution is -2.31. The van der Waals surface area contributed by atoms with E-state index in [-0.39, 0.29) is 11.7 Å². The monoisotopic (exact) mass is 463 g/mol. The topological polar surface area (TPSA) is 91.9 Å². The first-order chi connectivity index (χ1) is 16.0. The Morgan fingerprint density at radius 1 is 1.18 bits per heavy atom. The molecule has 2 aromatic heterocycles. The predicted octanol–water partition coefficient (Wildman–Crippen LogP) is 4.97. The van der Waals surface area contributed by atoms with Gasteiger partial charge in [-0.15, -0.1) is 0 Å². The van der Waals surface area contributed by atoms with Crippen LogP contribution in [-0.4, -0.2) is 34.5 Å². The van der Waals surface area contributed by atoms with Gasteiger partial charge in [0, 0.05) is 30.4 Å². The van der Waals surface area contributed by atoms with Crippen LogP contribution in [0.2, 0.25) is 5.02 Å². The van der Waals surface area contributed by atoms with E-state index in [1.54, 1.807) is 36.5 Å². The molecule has 1 aliphatic heterocycles. The number of fused-ring (bicyclic) bond motifs is 1. The molecule has 5 rings (SSSR count). The number of nitrogens with zero attached hydrogens (tertiary/aromatic N) is 2. The van der Waals surface area contributed by atoms with E-state index in [1.807, 2.05) is 6.07 Å². The fourth-order valence-corrected chi connectivity index (χ4v) is 4.16. The van der Waals surface area contributed by atoms with Crippen molar-refractivity contribution in [1.82, 2.24) is 20.3 Å². The molecule has 0 radical (unpaired) electrons. The van der Waals surface area contributed by atoms with Crippen molar-refractivity contribution in [2.75, 3.05) is 19.0 Å². The van der Waals surface area contributed by atoms with Gasteiger partial charge in [0.1, 0.15) is 5.82 Å². The van der Waals surface area contributed by atoms with E-state index in [4.69, 9.17) is 16.3 Å². The van der Waals surface area contributed by atoms with E-state index < -0.39 is 0 Å². The molecule has 0 saturated carbocycles. The maximum atomic E-state index is 13.7. The summed E-state index contributed by atoms with van der Waals surface area (Å²) in [6.45, 7) is 0.532. The minimum absolute atomic E-state index is 0.193. The van der Waals surface area contributed by atoms with Crippen LogP contribution in [0.4, 0.5) is 15.8 Å². The Morgan fingerprint density at radius 3 is 2.85 bits per heavy atom. The summed E-state index contributed by atoms with van der Waals surface area (Å²) in [4.78, 5) is 25.1. The highest BCUT2D eigenvalue weighted by molar-refractivity contribution is 6.32. The normalized spacial score (nSPS) is 12.8. The van der Waals surface area contributed by atoms with E-state index in [9.17, 15) is 9.18 Å². The molecule has 0 aliphatic carbocycles. The number of rotatable bonds is 5. The number of H-pyrrole nitrogens is 1. The lowest BCUT2D eigenvalue weighted by Gasteiger charge is -2.17. The first-order valence-corrected chi connectivity index (χ1v) is 10.6. The molecule has 33 heavy (non-hydrogen) atoms. The molecule has 3 N–H and O–H groups in total. The van der Waals surface area contributed by atoms with Gasteiger partial charge in [0.15, 0.2) is 11.6 Å². The van der Waals surface area contributed by atoms with Crippen LogP contribution >= 0.6 is 11.6 Å². The van der Waals surface area contributed by atoms with Crippen LogP contribution in [0, 0.1) is 5.82 Å². The predicted molar refractivity (Wildman–Crippen MR) is 125 cm³/mol. The highest BCUT2D eigenvalue weighted by Crippen LogP contribution is 2.40. The third-order valence-corrected chi connectivity index (χ3v) is 5.69. The van der Waals surface area contributed by atoms with Crippen LogP contribution < -0.4 is 15.4 Å². The number of halogens is 2. The van der Waals surface area contributed by atoms with Gasteiger partial charge in [-0.1, -0.05) is 29.8 Å². The highest BCUT2D eigenvalue weighted by atomic mass is 35.5. The van der Waals surface area contributed by atoms with E-state index in [1.165, 1.54) is 19.2 Å². The number of hydrogen-bond donors (Lipinski definition) is 3. The van der Waals surface area contributed by atoms with Crippen molar-refractivity contribution in [3.8, 4) is 28.5 Å². The van der Waals surface area contributed by atoms with Crippen LogP contribution in [-0.2, 0) is 6.42 Å². The Balaban J connectivity index is 1.66. The Hall–Kier alpha value is -3.91. The standard InChI is InChI=1S/C24H19ClFN5O2/c1-33-22-15(25)6-3-7-18(22)30-21-19-16(8-11-28-24(19)32)29-20(21)17-9-10-27-23(31-17)13-4-2-5-14(26)12-13/h2-7,9-10,12,29-30H,8,11H2,1H3,(H,28,32). The van der Waals surface area contributed by atoms with E-state index in [0.717, 1.165) is 5.69 Å². The number of ether oxygens (including phenoxy) is 1. The molecule has 166 valence electrons. The second kappa shape index (κ2) is 8.55. The third kappa shape index (κ3) is 3.89. The number of benzene rings is 2. The van der Waals surface area contributed by atoms with E-state index >= 15 is 0 Å². The molecule has 7 nitrogen and oxygen atoms in total. The summed E-state index contributed by atoms with van der Waals surface area (Å²) in [5.41, 5.74) is 4.16. The van der Waals surface area contributed by atoms with Crippen molar-refractivity contribution < 1.29 is 13.9 Å². The summed E-state index contributed by atoms with van der Waals surface area (Å²) in [5.74, 6) is 0.264. The third-order valence-electron chi connectivity index (χ3n) is 5.39. The molecule has 9 heteroatoms. The van der Waals surface area contributed by atoms with Crippen LogP contribution in [0.5, 0.6) is 5.75 Å². The Bertz CT molecular complexity index is 1370. The minimum atomic E-state index is -0.371. The molecule has 3 heterocycles. The van der Waals surface area contributed by atoms with Gasteiger partial charge in [-0.05, 0) is 30.3 Å². The molecule has 0 bridgehead atoms. The fourth-order valence-electron chi connectivity index (χ4n) is 3.91. The van der Waals surface area contributed by atoms with Gasteiger partial charge < -0.3 is 20.4 Å². The molecule has 1 amide bonds. The largest absolute Gasteiger partial charge is 0.493 e. The first-order valence-electron chi connectivity index (χ1n) is 10.3. The molecule has 4 aromatic rings. The number of aromatic amines is 1. The summed E-state index contributed by atoms with van der Waals surface area (Å²) < 4.78 is 19.2. The minimum Gasteiger partial charge on any atom is -0.493 e. The summed E-state index contributed by atoms with van der Waals surface area (Å²) >= 11 is 6.30. The van der Waals surface area contributed by atoms with Crippen LogP contribution in [0.3, 0.4) is 0 Å². The quantitative estimate of drug-likeness (QED) is 0.388. The van der Waals surface area contributed by atoms with Crippen molar-refractivity contribution in [3.63, 3.8) is 0 Å². The number of carbonyl (C=O) groups is 1. The molecule has 0 spiro atoms. The van der Waals surface area contributed by atoms with Crippen molar-refractivity contribution >= 4 is 28.9 Å². The lowest BCUT2D eigenvalue weighted by molar-refractivity contribution is 0.0947.